The lowest BCUT2D eigenvalue weighted by atomic mass is 10.2. The van der Waals surface area contributed by atoms with Crippen LogP contribution in [0.5, 0.6) is 0 Å². The smallest absolute Gasteiger partial charge is 0.257 e. The number of aromatic amines is 1. The number of amides is 1. The predicted molar refractivity (Wildman–Crippen MR) is 53.1 cm³/mol. The predicted octanol–water partition coefficient (Wildman–Crippen LogP) is 1.34. The second kappa shape index (κ2) is 3.44. The zero-order valence-electron chi connectivity index (χ0n) is 8.58. The van der Waals surface area contributed by atoms with E-state index < -0.39 is 0 Å². The molecule has 1 heterocycles. The fourth-order valence-corrected chi connectivity index (χ4v) is 1.67. The fraction of sp³-hybridized carbons (Fsp3) is 0.600. The molecule has 14 heavy (non-hydrogen) atoms. The number of H-pyrrole nitrogens is 1. The van der Waals surface area contributed by atoms with Crippen molar-refractivity contribution >= 4 is 5.91 Å². The van der Waals surface area contributed by atoms with Gasteiger partial charge in [-0.3, -0.25) is 9.89 Å². The molecule has 1 aliphatic carbocycles. The second-order valence-corrected chi connectivity index (χ2v) is 3.73. The highest BCUT2D eigenvalue weighted by Gasteiger charge is 2.32. The van der Waals surface area contributed by atoms with Crippen LogP contribution in [0.1, 0.15) is 35.8 Å². The van der Waals surface area contributed by atoms with Gasteiger partial charge in [0.2, 0.25) is 0 Å². The van der Waals surface area contributed by atoms with Crippen LogP contribution in [-0.4, -0.2) is 33.6 Å². The highest BCUT2D eigenvalue weighted by Crippen LogP contribution is 2.28. The molecular weight excluding hydrogens is 178 g/mol. The zero-order chi connectivity index (χ0) is 10.1. The van der Waals surface area contributed by atoms with E-state index in [0.717, 1.165) is 25.1 Å². The summed E-state index contributed by atoms with van der Waals surface area (Å²) in [6, 6.07) is 0.474. The molecule has 4 nitrogen and oxygen atoms in total. The third kappa shape index (κ3) is 1.52. The Balaban J connectivity index is 2.17. The molecule has 76 valence electrons. The van der Waals surface area contributed by atoms with Crippen molar-refractivity contribution in [1.82, 2.24) is 15.1 Å². The van der Waals surface area contributed by atoms with Crippen molar-refractivity contribution in [3.8, 4) is 0 Å². The van der Waals surface area contributed by atoms with Gasteiger partial charge in [0, 0.05) is 18.3 Å². The van der Waals surface area contributed by atoms with Gasteiger partial charge in [-0.15, -0.1) is 0 Å². The molecule has 0 aromatic carbocycles. The molecule has 1 aromatic heterocycles. The maximum Gasteiger partial charge on any atom is 0.257 e. The average Bonchev–Trinajstić information content (AvgIpc) is 2.90. The van der Waals surface area contributed by atoms with Crippen molar-refractivity contribution < 1.29 is 4.79 Å². The highest BCUT2D eigenvalue weighted by molar-refractivity contribution is 5.95. The van der Waals surface area contributed by atoms with Crippen molar-refractivity contribution in [3.05, 3.63) is 17.5 Å². The summed E-state index contributed by atoms with van der Waals surface area (Å²) in [5.74, 6) is 0.112. The zero-order valence-corrected chi connectivity index (χ0v) is 8.58. The van der Waals surface area contributed by atoms with Gasteiger partial charge in [-0.25, -0.2) is 0 Å². The van der Waals surface area contributed by atoms with Crippen molar-refractivity contribution in [3.63, 3.8) is 0 Å². The van der Waals surface area contributed by atoms with E-state index in [1.54, 1.807) is 6.20 Å². The quantitative estimate of drug-likeness (QED) is 0.787. The maximum atomic E-state index is 12.0. The average molecular weight is 193 g/mol. The Morgan fingerprint density at radius 3 is 2.86 bits per heavy atom. The number of nitrogens with one attached hydrogen (secondary N) is 1. The lowest BCUT2D eigenvalue weighted by Crippen LogP contribution is -2.32. The molecule has 0 aliphatic heterocycles. The summed E-state index contributed by atoms with van der Waals surface area (Å²) in [7, 11) is 0. The Hall–Kier alpha value is -1.32. The summed E-state index contributed by atoms with van der Waals surface area (Å²) in [5, 5.41) is 6.66. The van der Waals surface area contributed by atoms with Crippen molar-refractivity contribution in [2.24, 2.45) is 0 Å². The molecule has 1 N–H and O–H groups in total. The first kappa shape index (κ1) is 9.24. The van der Waals surface area contributed by atoms with Crippen LogP contribution in [0.2, 0.25) is 0 Å². The molecule has 0 unspecified atom stereocenters. The van der Waals surface area contributed by atoms with Crippen LogP contribution in [0.15, 0.2) is 6.20 Å². The molecule has 0 saturated heterocycles. The third-order valence-corrected chi connectivity index (χ3v) is 2.65. The molecular formula is C10H15N3O. The Morgan fingerprint density at radius 2 is 2.43 bits per heavy atom. The van der Waals surface area contributed by atoms with E-state index in [0.29, 0.717) is 11.6 Å². The summed E-state index contributed by atoms with van der Waals surface area (Å²) < 4.78 is 0. The molecule has 0 radical (unpaired) electrons. The van der Waals surface area contributed by atoms with Crippen LogP contribution < -0.4 is 0 Å². The molecule has 1 amide bonds. The standard InChI is InChI=1S/C10H15N3O/c1-3-13(8-4-5-8)10(14)9-6-11-12-7(9)2/h6,8H,3-5H2,1-2H3,(H,11,12). The number of carbonyl (C=O) groups is 1. The molecule has 1 aromatic rings. The highest BCUT2D eigenvalue weighted by atomic mass is 16.2. The number of hydrogen-bond acceptors (Lipinski definition) is 2. The number of aryl methyl sites for hydroxylation is 1. The van der Waals surface area contributed by atoms with Gasteiger partial charge in [0.05, 0.1) is 11.8 Å². The van der Waals surface area contributed by atoms with Gasteiger partial charge < -0.3 is 4.90 Å². The SMILES string of the molecule is CCN(C(=O)c1cn[nH]c1C)C1CC1. The number of nitrogens with zero attached hydrogens (tertiary/aromatic N) is 2. The Morgan fingerprint density at radius 1 is 1.71 bits per heavy atom. The minimum Gasteiger partial charge on any atom is -0.336 e. The van der Waals surface area contributed by atoms with Crippen LogP contribution in [0.3, 0.4) is 0 Å². The van der Waals surface area contributed by atoms with E-state index in [4.69, 9.17) is 0 Å². The van der Waals surface area contributed by atoms with Crippen molar-refractivity contribution in [2.45, 2.75) is 32.7 Å². The van der Waals surface area contributed by atoms with E-state index >= 15 is 0 Å². The summed E-state index contributed by atoms with van der Waals surface area (Å²) in [6.07, 6.45) is 3.91. The molecule has 0 bridgehead atoms. The minimum absolute atomic E-state index is 0.112. The van der Waals surface area contributed by atoms with Crippen LogP contribution in [0.25, 0.3) is 0 Å². The van der Waals surface area contributed by atoms with Crippen molar-refractivity contribution in [1.29, 1.82) is 0 Å². The number of aromatic nitrogens is 2. The first-order valence-corrected chi connectivity index (χ1v) is 5.05. The number of rotatable bonds is 3. The van der Waals surface area contributed by atoms with Crippen LogP contribution >= 0.6 is 0 Å². The molecule has 4 heteroatoms. The van der Waals surface area contributed by atoms with Gasteiger partial charge in [0.1, 0.15) is 0 Å². The summed E-state index contributed by atoms with van der Waals surface area (Å²) in [4.78, 5) is 13.9. The van der Waals surface area contributed by atoms with E-state index in [2.05, 4.69) is 10.2 Å². The number of hydrogen-bond donors (Lipinski definition) is 1. The molecule has 1 aliphatic rings. The second-order valence-electron chi connectivity index (χ2n) is 3.73. The first-order valence-electron chi connectivity index (χ1n) is 5.05. The largest absolute Gasteiger partial charge is 0.336 e. The Labute approximate surface area is 83.3 Å². The summed E-state index contributed by atoms with van der Waals surface area (Å²) in [5.41, 5.74) is 1.56. The maximum absolute atomic E-state index is 12.0. The van der Waals surface area contributed by atoms with Crippen LogP contribution in [0, 0.1) is 6.92 Å². The van der Waals surface area contributed by atoms with E-state index in [1.165, 1.54) is 0 Å². The lowest BCUT2D eigenvalue weighted by Gasteiger charge is -2.19. The van der Waals surface area contributed by atoms with Gasteiger partial charge in [-0.2, -0.15) is 5.10 Å². The van der Waals surface area contributed by atoms with E-state index in [-0.39, 0.29) is 5.91 Å². The molecule has 0 atom stereocenters. The fourth-order valence-electron chi connectivity index (χ4n) is 1.67. The Bertz CT molecular complexity index is 341. The molecule has 1 saturated carbocycles. The monoisotopic (exact) mass is 193 g/mol. The Kier molecular flexibility index (Phi) is 2.27. The van der Waals surface area contributed by atoms with Crippen molar-refractivity contribution in [2.75, 3.05) is 6.54 Å². The lowest BCUT2D eigenvalue weighted by molar-refractivity contribution is 0.0752. The van der Waals surface area contributed by atoms with Gasteiger partial charge in [0.15, 0.2) is 0 Å². The normalized spacial score (nSPS) is 15.6. The minimum atomic E-state index is 0.112. The van der Waals surface area contributed by atoms with Crippen LogP contribution in [-0.2, 0) is 0 Å². The van der Waals surface area contributed by atoms with Gasteiger partial charge >= 0.3 is 0 Å². The van der Waals surface area contributed by atoms with Gasteiger partial charge in [0.25, 0.3) is 5.91 Å². The molecule has 0 spiro atoms. The third-order valence-electron chi connectivity index (χ3n) is 2.65. The van der Waals surface area contributed by atoms with Crippen LogP contribution in [0.4, 0.5) is 0 Å². The topological polar surface area (TPSA) is 49.0 Å². The molecule has 1 fully saturated rings. The number of carbonyl (C=O) groups excluding carboxylic acids is 1. The van der Waals surface area contributed by atoms with Gasteiger partial charge in [-0.05, 0) is 26.7 Å². The summed E-state index contributed by atoms with van der Waals surface area (Å²) >= 11 is 0. The van der Waals surface area contributed by atoms with Gasteiger partial charge in [-0.1, -0.05) is 0 Å². The molecule has 2 rings (SSSR count). The van der Waals surface area contributed by atoms with E-state index in [9.17, 15) is 4.79 Å². The first-order chi connectivity index (χ1) is 6.74. The summed E-state index contributed by atoms with van der Waals surface area (Å²) in [6.45, 7) is 4.68. The van der Waals surface area contributed by atoms with E-state index in [1.807, 2.05) is 18.7 Å².